The van der Waals surface area contributed by atoms with E-state index in [0.717, 1.165) is 12.4 Å². The predicted octanol–water partition coefficient (Wildman–Crippen LogP) is 1.92. The smallest absolute Gasteiger partial charge is 0.130 e. The molecule has 2 heterocycles. The highest BCUT2D eigenvalue weighted by Gasteiger charge is 2.18. The van der Waals surface area contributed by atoms with Gasteiger partial charge in [0.25, 0.3) is 0 Å². The van der Waals surface area contributed by atoms with Crippen LogP contribution in [0.1, 0.15) is 29.9 Å². The van der Waals surface area contributed by atoms with Gasteiger partial charge in [-0.15, -0.1) is 0 Å². The molecular formula is C13H18N4. The van der Waals surface area contributed by atoms with Crippen LogP contribution in [0.15, 0.2) is 30.9 Å². The summed E-state index contributed by atoms with van der Waals surface area (Å²) in [5.41, 5.74) is 2.40. The molecule has 90 valence electrons. The Morgan fingerprint density at radius 2 is 2.24 bits per heavy atom. The van der Waals surface area contributed by atoms with Crippen LogP contribution in [-0.2, 0) is 6.54 Å². The Kier molecular flexibility index (Phi) is 3.54. The maximum atomic E-state index is 4.46. The van der Waals surface area contributed by atoms with Crippen LogP contribution in [0.5, 0.6) is 0 Å². The van der Waals surface area contributed by atoms with Gasteiger partial charge in [0.2, 0.25) is 0 Å². The Morgan fingerprint density at radius 1 is 1.41 bits per heavy atom. The minimum atomic E-state index is 0.118. The summed E-state index contributed by atoms with van der Waals surface area (Å²) in [6.45, 7) is 5.13. The second-order valence-corrected chi connectivity index (χ2v) is 4.03. The van der Waals surface area contributed by atoms with Gasteiger partial charge >= 0.3 is 0 Å². The fraction of sp³-hybridized carbons (Fsp3) is 0.385. The zero-order valence-corrected chi connectivity index (χ0v) is 10.5. The van der Waals surface area contributed by atoms with Crippen molar-refractivity contribution in [3.63, 3.8) is 0 Å². The summed E-state index contributed by atoms with van der Waals surface area (Å²) in [6, 6.07) is 2.17. The molecule has 0 saturated carbocycles. The lowest BCUT2D eigenvalue weighted by molar-refractivity contribution is 0.587. The molecule has 0 aliphatic heterocycles. The number of hydrogen-bond donors (Lipinski definition) is 1. The monoisotopic (exact) mass is 230 g/mol. The van der Waals surface area contributed by atoms with Gasteiger partial charge in [-0.2, -0.15) is 0 Å². The first-order valence-corrected chi connectivity index (χ1v) is 5.86. The lowest BCUT2D eigenvalue weighted by Crippen LogP contribution is -2.22. The molecule has 0 aliphatic carbocycles. The summed E-state index contributed by atoms with van der Waals surface area (Å²) in [6.07, 6.45) is 7.57. The molecule has 4 heteroatoms. The Labute approximate surface area is 102 Å². The van der Waals surface area contributed by atoms with Crippen LogP contribution < -0.4 is 5.32 Å². The molecule has 0 bridgehead atoms. The largest absolute Gasteiger partial charge is 0.334 e. The lowest BCUT2D eigenvalue weighted by atomic mass is 10.0. The summed E-state index contributed by atoms with van der Waals surface area (Å²) < 4.78 is 2.15. The minimum absolute atomic E-state index is 0.118. The predicted molar refractivity (Wildman–Crippen MR) is 67.8 cm³/mol. The molecule has 2 rings (SSSR count). The topological polar surface area (TPSA) is 42.7 Å². The summed E-state index contributed by atoms with van der Waals surface area (Å²) in [5, 5.41) is 3.33. The minimum Gasteiger partial charge on any atom is -0.334 e. The number of hydrogen-bond acceptors (Lipinski definition) is 3. The van der Waals surface area contributed by atoms with Crippen molar-refractivity contribution in [1.82, 2.24) is 19.9 Å². The average Bonchev–Trinajstić information content (AvgIpc) is 2.81. The molecule has 4 nitrogen and oxygen atoms in total. The highest BCUT2D eigenvalue weighted by molar-refractivity contribution is 5.30. The van der Waals surface area contributed by atoms with Crippen LogP contribution in [0.2, 0.25) is 0 Å². The van der Waals surface area contributed by atoms with E-state index in [4.69, 9.17) is 0 Å². The third-order valence-electron chi connectivity index (χ3n) is 3.01. The third-order valence-corrected chi connectivity index (χ3v) is 3.01. The van der Waals surface area contributed by atoms with E-state index < -0.39 is 0 Å². The van der Waals surface area contributed by atoms with E-state index in [0.29, 0.717) is 0 Å². The van der Waals surface area contributed by atoms with Gasteiger partial charge in [-0.05, 0) is 38.1 Å². The van der Waals surface area contributed by atoms with Crippen LogP contribution in [0, 0.1) is 6.92 Å². The quantitative estimate of drug-likeness (QED) is 0.872. The lowest BCUT2D eigenvalue weighted by Gasteiger charge is -2.19. The molecule has 0 radical (unpaired) electrons. The van der Waals surface area contributed by atoms with E-state index in [1.165, 1.54) is 11.1 Å². The number of aryl methyl sites for hydroxylation is 2. The van der Waals surface area contributed by atoms with Crippen LogP contribution in [0.4, 0.5) is 0 Å². The van der Waals surface area contributed by atoms with Crippen LogP contribution in [0.3, 0.4) is 0 Å². The molecule has 0 saturated heterocycles. The van der Waals surface area contributed by atoms with Crippen molar-refractivity contribution >= 4 is 0 Å². The van der Waals surface area contributed by atoms with E-state index in [1.54, 1.807) is 0 Å². The Hall–Kier alpha value is -1.68. The summed E-state index contributed by atoms with van der Waals surface area (Å²) in [5.74, 6) is 1.05. The second-order valence-electron chi connectivity index (χ2n) is 4.03. The molecule has 17 heavy (non-hydrogen) atoms. The molecule has 0 aliphatic rings. The first-order valence-electron chi connectivity index (χ1n) is 5.86. The molecule has 1 atom stereocenters. The highest BCUT2D eigenvalue weighted by atomic mass is 15.1. The van der Waals surface area contributed by atoms with Gasteiger partial charge < -0.3 is 9.88 Å². The van der Waals surface area contributed by atoms with Crippen molar-refractivity contribution in [3.05, 3.63) is 47.8 Å². The van der Waals surface area contributed by atoms with Crippen LogP contribution in [0.25, 0.3) is 0 Å². The van der Waals surface area contributed by atoms with Gasteiger partial charge in [0, 0.05) is 31.3 Å². The molecule has 2 aromatic heterocycles. The Bertz CT molecular complexity index is 490. The Morgan fingerprint density at radius 3 is 2.88 bits per heavy atom. The van der Waals surface area contributed by atoms with Crippen molar-refractivity contribution in [1.29, 1.82) is 0 Å². The van der Waals surface area contributed by atoms with Gasteiger partial charge in [0.05, 0.1) is 6.04 Å². The average molecular weight is 230 g/mol. The van der Waals surface area contributed by atoms with Crippen LogP contribution in [-0.4, -0.2) is 21.6 Å². The van der Waals surface area contributed by atoms with E-state index in [-0.39, 0.29) is 6.04 Å². The molecule has 0 amide bonds. The van der Waals surface area contributed by atoms with Gasteiger partial charge in [-0.3, -0.25) is 4.98 Å². The van der Waals surface area contributed by atoms with E-state index in [1.807, 2.05) is 37.9 Å². The molecule has 0 fully saturated rings. The highest BCUT2D eigenvalue weighted by Crippen LogP contribution is 2.22. The van der Waals surface area contributed by atoms with Crippen molar-refractivity contribution < 1.29 is 0 Å². The normalized spacial score (nSPS) is 12.6. The SMILES string of the molecule is CCn1ccnc1C(NC)c1ccncc1C. The van der Waals surface area contributed by atoms with Gasteiger partial charge in [0.1, 0.15) is 5.82 Å². The Balaban J connectivity index is 2.44. The zero-order chi connectivity index (χ0) is 12.3. The van der Waals surface area contributed by atoms with Crippen LogP contribution >= 0.6 is 0 Å². The summed E-state index contributed by atoms with van der Waals surface area (Å²) in [7, 11) is 1.96. The van der Waals surface area contributed by atoms with Crippen molar-refractivity contribution in [2.75, 3.05) is 7.05 Å². The number of pyridine rings is 1. The van der Waals surface area contributed by atoms with Crippen molar-refractivity contribution in [3.8, 4) is 0 Å². The van der Waals surface area contributed by atoms with Crippen molar-refractivity contribution in [2.45, 2.75) is 26.4 Å². The molecule has 1 N–H and O–H groups in total. The summed E-state index contributed by atoms with van der Waals surface area (Å²) in [4.78, 5) is 8.59. The number of aromatic nitrogens is 3. The summed E-state index contributed by atoms with van der Waals surface area (Å²) >= 11 is 0. The maximum absolute atomic E-state index is 4.46. The van der Waals surface area contributed by atoms with Gasteiger partial charge in [-0.1, -0.05) is 0 Å². The number of nitrogens with zero attached hydrogens (tertiary/aromatic N) is 3. The van der Waals surface area contributed by atoms with Crippen molar-refractivity contribution in [2.24, 2.45) is 0 Å². The molecule has 2 aromatic rings. The first-order chi connectivity index (χ1) is 8.27. The van der Waals surface area contributed by atoms with E-state index in [2.05, 4.69) is 33.7 Å². The molecule has 0 aromatic carbocycles. The zero-order valence-electron chi connectivity index (χ0n) is 10.5. The fourth-order valence-corrected chi connectivity index (χ4v) is 2.08. The number of rotatable bonds is 4. The third kappa shape index (κ3) is 2.22. The molecule has 0 spiro atoms. The number of imidazole rings is 1. The second kappa shape index (κ2) is 5.10. The van der Waals surface area contributed by atoms with Gasteiger partial charge in [-0.25, -0.2) is 4.98 Å². The van der Waals surface area contributed by atoms with E-state index in [9.17, 15) is 0 Å². The van der Waals surface area contributed by atoms with Gasteiger partial charge in [0.15, 0.2) is 0 Å². The molecular weight excluding hydrogens is 212 g/mol. The molecule has 1 unspecified atom stereocenters. The van der Waals surface area contributed by atoms with E-state index >= 15 is 0 Å². The standard InChI is InChI=1S/C13H18N4/c1-4-17-8-7-16-13(17)12(14-3)11-5-6-15-9-10(11)2/h5-9,12,14H,4H2,1-3H3. The number of nitrogens with one attached hydrogen (secondary N) is 1. The maximum Gasteiger partial charge on any atom is 0.130 e. The first kappa shape index (κ1) is 11.8. The fourth-order valence-electron chi connectivity index (χ4n) is 2.08.